The zero-order valence-electron chi connectivity index (χ0n) is 26.4. The van der Waals surface area contributed by atoms with Gasteiger partial charge in [0, 0.05) is 59.2 Å². The minimum absolute atomic E-state index is 0.0411. The van der Waals surface area contributed by atoms with Crippen LogP contribution in [0.3, 0.4) is 0 Å². The van der Waals surface area contributed by atoms with E-state index in [0.29, 0.717) is 10.0 Å². The Labute approximate surface area is 291 Å². The van der Waals surface area contributed by atoms with Gasteiger partial charge < -0.3 is 9.13 Å². The molecule has 0 amide bonds. The molecule has 0 aliphatic carbocycles. The van der Waals surface area contributed by atoms with Crippen LogP contribution in [0, 0.1) is 0 Å². The average molecular weight is 761 g/mol. The molecule has 2 nitrogen and oxygen atoms in total. The van der Waals surface area contributed by atoms with Crippen molar-refractivity contribution < 1.29 is 0 Å². The van der Waals surface area contributed by atoms with Crippen LogP contribution in [0.5, 0.6) is 0 Å². The lowest BCUT2D eigenvalue weighted by atomic mass is 9.83. The van der Waals surface area contributed by atoms with E-state index in [1.807, 2.05) is 12.1 Å². The first-order valence-electron chi connectivity index (χ1n) is 15.1. The molecular weight excluding hydrogens is 727 g/mol. The molecular formula is C39H34Br2Cl2N2. The molecule has 7 aromatic rings. The first-order valence-corrected chi connectivity index (χ1v) is 17.4. The first-order chi connectivity index (χ1) is 21.1. The second kappa shape index (κ2) is 10.6. The van der Waals surface area contributed by atoms with E-state index in [4.69, 9.17) is 23.2 Å². The lowest BCUT2D eigenvalue weighted by molar-refractivity contribution is 0.590. The van der Waals surface area contributed by atoms with Crippen molar-refractivity contribution in [1.29, 1.82) is 0 Å². The summed E-state index contributed by atoms with van der Waals surface area (Å²) in [7, 11) is 2.16. The fraction of sp³-hybridized carbons (Fsp3) is 0.231. The molecule has 0 aliphatic heterocycles. The number of hydrogen-bond acceptors (Lipinski definition) is 0. The predicted octanol–water partition coefficient (Wildman–Crippen LogP) is 13.5. The Kier molecular flexibility index (Phi) is 7.30. The summed E-state index contributed by atoms with van der Waals surface area (Å²) in [6.45, 7) is 13.6. The highest BCUT2D eigenvalue weighted by atomic mass is 79.9. The van der Waals surface area contributed by atoms with Crippen LogP contribution < -0.4 is 0 Å². The van der Waals surface area contributed by atoms with Crippen LogP contribution in [-0.2, 0) is 17.9 Å². The molecule has 0 N–H and O–H groups in total. The first kappa shape index (κ1) is 30.9. The SMILES string of the molecule is Cn1c2ccc(C(C)(C)C)cc2c2cc(C(C)(C)C)cc(-c3cc(Cl)cc(-n4c5ccc(Br)cc5c5cc(Br)ccc54)c3Cl)c21. The monoisotopic (exact) mass is 758 g/mol. The second-order valence-electron chi connectivity index (χ2n) is 14.2. The summed E-state index contributed by atoms with van der Waals surface area (Å²) in [5, 5.41) is 6.06. The molecule has 6 heteroatoms. The second-order valence-corrected chi connectivity index (χ2v) is 16.8. The number of nitrogens with zero attached hydrogens (tertiary/aromatic N) is 2. The minimum Gasteiger partial charge on any atom is -0.343 e. The molecule has 0 atom stereocenters. The largest absolute Gasteiger partial charge is 0.343 e. The number of rotatable bonds is 2. The van der Waals surface area contributed by atoms with Gasteiger partial charge in [-0.05, 0) is 94.8 Å². The maximum Gasteiger partial charge on any atom is 0.0726 e. The van der Waals surface area contributed by atoms with Crippen LogP contribution >= 0.6 is 55.1 Å². The highest BCUT2D eigenvalue weighted by Gasteiger charge is 2.25. The highest BCUT2D eigenvalue weighted by Crippen LogP contribution is 2.46. The van der Waals surface area contributed by atoms with E-state index in [0.717, 1.165) is 53.1 Å². The predicted molar refractivity (Wildman–Crippen MR) is 203 cm³/mol. The van der Waals surface area contributed by atoms with Crippen molar-refractivity contribution in [2.24, 2.45) is 7.05 Å². The number of aryl methyl sites for hydroxylation is 1. The molecule has 0 bridgehead atoms. The van der Waals surface area contributed by atoms with Gasteiger partial charge in [0.15, 0.2) is 0 Å². The fourth-order valence-electron chi connectivity index (χ4n) is 6.63. The van der Waals surface area contributed by atoms with Crippen molar-refractivity contribution in [2.45, 2.75) is 52.4 Å². The van der Waals surface area contributed by atoms with E-state index in [2.05, 4.69) is 156 Å². The van der Waals surface area contributed by atoms with Crippen LogP contribution in [-0.4, -0.2) is 9.13 Å². The van der Waals surface area contributed by atoms with Gasteiger partial charge in [0.1, 0.15) is 0 Å². The van der Waals surface area contributed by atoms with E-state index in [1.54, 1.807) is 0 Å². The minimum atomic E-state index is -0.0752. The van der Waals surface area contributed by atoms with Gasteiger partial charge in [0.05, 0.1) is 27.3 Å². The van der Waals surface area contributed by atoms with Crippen molar-refractivity contribution in [2.75, 3.05) is 0 Å². The topological polar surface area (TPSA) is 9.86 Å². The maximum atomic E-state index is 7.57. The molecule has 2 heterocycles. The molecule has 0 aliphatic rings. The van der Waals surface area contributed by atoms with E-state index >= 15 is 0 Å². The molecule has 0 fully saturated rings. The van der Waals surface area contributed by atoms with Crippen LogP contribution in [0.25, 0.3) is 60.4 Å². The van der Waals surface area contributed by atoms with Gasteiger partial charge >= 0.3 is 0 Å². The smallest absolute Gasteiger partial charge is 0.0726 e. The number of benzene rings is 5. The van der Waals surface area contributed by atoms with Crippen molar-refractivity contribution in [3.8, 4) is 16.8 Å². The van der Waals surface area contributed by atoms with Crippen LogP contribution in [0.2, 0.25) is 10.0 Å². The standard InChI is InChI=1S/C39H34Br2Cl2N2/c1-38(2,3)21-8-11-32-26(14-21)30-15-22(39(4,5)6)16-31(37(30)44(32)7)29-19-25(42)20-35(36(29)43)45-33-12-9-23(40)17-27(33)28-18-24(41)10-13-34(28)45/h8-20H,1-7H3. The van der Waals surface area contributed by atoms with E-state index in [-0.39, 0.29) is 10.8 Å². The zero-order valence-corrected chi connectivity index (χ0v) is 31.1. The summed E-state index contributed by atoms with van der Waals surface area (Å²) in [4.78, 5) is 0. The Hall–Kier alpha value is -2.76. The molecule has 7 rings (SSSR count). The van der Waals surface area contributed by atoms with Crippen LogP contribution in [0.4, 0.5) is 0 Å². The van der Waals surface area contributed by atoms with Crippen LogP contribution in [0.1, 0.15) is 52.7 Å². The molecule has 5 aromatic carbocycles. The normalized spacial score (nSPS) is 12.8. The van der Waals surface area contributed by atoms with Crippen molar-refractivity contribution in [1.82, 2.24) is 9.13 Å². The van der Waals surface area contributed by atoms with Crippen molar-refractivity contribution in [3.05, 3.63) is 109 Å². The van der Waals surface area contributed by atoms with Gasteiger partial charge in [-0.1, -0.05) is 103 Å². The van der Waals surface area contributed by atoms with Crippen molar-refractivity contribution >= 4 is 98.7 Å². The summed E-state index contributed by atoms with van der Waals surface area (Å²) in [5.74, 6) is 0. The van der Waals surface area contributed by atoms with E-state index in [1.165, 1.54) is 27.4 Å². The third-order valence-electron chi connectivity index (χ3n) is 9.06. The Bertz CT molecular complexity index is 2290. The molecule has 0 saturated heterocycles. The van der Waals surface area contributed by atoms with Gasteiger partial charge in [-0.15, -0.1) is 0 Å². The van der Waals surface area contributed by atoms with Gasteiger partial charge in [-0.2, -0.15) is 0 Å². The van der Waals surface area contributed by atoms with E-state index < -0.39 is 0 Å². The summed E-state index contributed by atoms with van der Waals surface area (Å²) in [6.07, 6.45) is 0. The molecule has 0 saturated carbocycles. The van der Waals surface area contributed by atoms with Gasteiger partial charge in [0.2, 0.25) is 0 Å². The Morgan fingerprint density at radius 1 is 0.556 bits per heavy atom. The molecule has 0 radical (unpaired) electrons. The Morgan fingerprint density at radius 2 is 1.09 bits per heavy atom. The van der Waals surface area contributed by atoms with E-state index in [9.17, 15) is 0 Å². The molecule has 0 spiro atoms. The lowest BCUT2D eigenvalue weighted by Gasteiger charge is -2.22. The quantitative estimate of drug-likeness (QED) is 0.166. The summed E-state index contributed by atoms with van der Waals surface area (Å²) in [6, 6.07) is 28.3. The number of hydrogen-bond donors (Lipinski definition) is 0. The lowest BCUT2D eigenvalue weighted by Crippen LogP contribution is -2.11. The third kappa shape index (κ3) is 5.04. The number of halogens is 4. The summed E-state index contributed by atoms with van der Waals surface area (Å²) < 4.78 is 6.60. The molecule has 2 aromatic heterocycles. The zero-order chi connectivity index (χ0) is 32.2. The fourth-order valence-corrected chi connectivity index (χ4v) is 7.86. The van der Waals surface area contributed by atoms with Crippen molar-refractivity contribution in [3.63, 3.8) is 0 Å². The molecule has 45 heavy (non-hydrogen) atoms. The highest BCUT2D eigenvalue weighted by molar-refractivity contribution is 9.10. The number of aromatic nitrogens is 2. The van der Waals surface area contributed by atoms with Gasteiger partial charge in [-0.25, -0.2) is 0 Å². The van der Waals surface area contributed by atoms with Gasteiger partial charge in [-0.3, -0.25) is 0 Å². The van der Waals surface area contributed by atoms with Crippen LogP contribution in [0.15, 0.2) is 87.8 Å². The number of fused-ring (bicyclic) bond motifs is 6. The Balaban J connectivity index is 1.60. The Morgan fingerprint density at radius 3 is 1.67 bits per heavy atom. The molecule has 0 unspecified atom stereocenters. The maximum absolute atomic E-state index is 7.57. The summed E-state index contributed by atoms with van der Waals surface area (Å²) in [5.41, 5.74) is 9.86. The summed E-state index contributed by atoms with van der Waals surface area (Å²) >= 11 is 21.9. The molecule has 228 valence electrons. The van der Waals surface area contributed by atoms with Gasteiger partial charge in [0.25, 0.3) is 0 Å². The third-order valence-corrected chi connectivity index (χ3v) is 10.7. The average Bonchev–Trinajstić information content (AvgIpc) is 3.43.